The van der Waals surface area contributed by atoms with Gasteiger partial charge in [0.1, 0.15) is 12.4 Å². The van der Waals surface area contributed by atoms with Crippen LogP contribution in [-0.4, -0.2) is 11.0 Å². The minimum atomic E-state index is -0.628. The van der Waals surface area contributed by atoms with Gasteiger partial charge >= 0.3 is 6.03 Å². The third-order valence-electron chi connectivity index (χ3n) is 3.47. The molecular formula is C19H15ClFN3O2. The minimum absolute atomic E-state index is 0.0690. The summed E-state index contributed by atoms with van der Waals surface area (Å²) in [7, 11) is 0. The molecule has 1 heterocycles. The van der Waals surface area contributed by atoms with Crippen molar-refractivity contribution < 1.29 is 13.9 Å². The Morgan fingerprint density at radius 1 is 1.04 bits per heavy atom. The molecule has 2 aromatic carbocycles. The van der Waals surface area contributed by atoms with Gasteiger partial charge in [0.15, 0.2) is 11.6 Å². The molecule has 2 N–H and O–H groups in total. The SMILES string of the molecule is O=C(Nc1ccccc1F)Nc1ncccc1OCc1ccccc1Cl. The Labute approximate surface area is 154 Å². The molecule has 3 aromatic rings. The van der Waals surface area contributed by atoms with Gasteiger partial charge in [-0.25, -0.2) is 14.2 Å². The number of para-hydroxylation sites is 1. The van der Waals surface area contributed by atoms with Crippen LogP contribution in [0.1, 0.15) is 5.56 Å². The highest BCUT2D eigenvalue weighted by atomic mass is 35.5. The smallest absolute Gasteiger partial charge is 0.325 e. The number of aromatic nitrogens is 1. The number of rotatable bonds is 5. The number of hydrogen-bond acceptors (Lipinski definition) is 3. The number of amides is 2. The average Bonchev–Trinajstić information content (AvgIpc) is 2.64. The van der Waals surface area contributed by atoms with Crippen molar-refractivity contribution in [1.29, 1.82) is 0 Å². The van der Waals surface area contributed by atoms with Crippen molar-refractivity contribution in [2.24, 2.45) is 0 Å². The third kappa shape index (κ3) is 4.49. The molecule has 1 aromatic heterocycles. The van der Waals surface area contributed by atoms with E-state index in [4.69, 9.17) is 16.3 Å². The predicted molar refractivity (Wildman–Crippen MR) is 99.1 cm³/mol. The van der Waals surface area contributed by atoms with Crippen LogP contribution >= 0.6 is 11.6 Å². The number of carbonyl (C=O) groups excluding carboxylic acids is 1. The Morgan fingerprint density at radius 2 is 1.81 bits per heavy atom. The molecule has 0 fully saturated rings. The quantitative estimate of drug-likeness (QED) is 0.656. The third-order valence-corrected chi connectivity index (χ3v) is 3.83. The maximum atomic E-state index is 13.6. The second-order valence-electron chi connectivity index (χ2n) is 5.29. The summed E-state index contributed by atoms with van der Waals surface area (Å²) in [6.45, 7) is 0.217. The number of halogens is 2. The lowest BCUT2D eigenvalue weighted by Crippen LogP contribution is -2.21. The summed E-state index contributed by atoms with van der Waals surface area (Å²) in [6, 6.07) is 15.9. The van der Waals surface area contributed by atoms with E-state index in [1.165, 1.54) is 24.4 Å². The fraction of sp³-hybridized carbons (Fsp3) is 0.0526. The molecule has 3 rings (SSSR count). The second kappa shape index (κ2) is 8.31. The molecule has 7 heteroatoms. The van der Waals surface area contributed by atoms with Crippen LogP contribution in [0, 0.1) is 5.82 Å². The summed E-state index contributed by atoms with van der Waals surface area (Å²) in [5.41, 5.74) is 0.874. The van der Waals surface area contributed by atoms with Crippen LogP contribution in [0.25, 0.3) is 0 Å². The molecule has 0 aliphatic rings. The number of benzene rings is 2. The van der Waals surface area contributed by atoms with Crippen LogP contribution in [0.3, 0.4) is 0 Å². The zero-order valence-corrected chi connectivity index (χ0v) is 14.3. The molecule has 0 radical (unpaired) electrons. The number of ether oxygens (including phenoxy) is 1. The number of nitrogens with one attached hydrogen (secondary N) is 2. The lowest BCUT2D eigenvalue weighted by atomic mass is 10.2. The van der Waals surface area contributed by atoms with Gasteiger partial charge in [0.25, 0.3) is 0 Å². The van der Waals surface area contributed by atoms with Gasteiger partial charge < -0.3 is 10.1 Å². The predicted octanol–water partition coefficient (Wildman–Crippen LogP) is 5.10. The highest BCUT2D eigenvalue weighted by Crippen LogP contribution is 2.24. The number of urea groups is 1. The first-order valence-electron chi connectivity index (χ1n) is 7.77. The average molecular weight is 372 g/mol. The van der Waals surface area contributed by atoms with Crippen LogP contribution in [0.15, 0.2) is 66.9 Å². The number of carbonyl (C=O) groups is 1. The van der Waals surface area contributed by atoms with Crippen LogP contribution in [0.4, 0.5) is 20.7 Å². The van der Waals surface area contributed by atoms with Crippen molar-refractivity contribution in [2.45, 2.75) is 6.61 Å². The Balaban J connectivity index is 1.68. The molecule has 26 heavy (non-hydrogen) atoms. The molecule has 0 saturated carbocycles. The number of hydrogen-bond donors (Lipinski definition) is 2. The molecule has 5 nitrogen and oxygen atoms in total. The largest absolute Gasteiger partial charge is 0.485 e. The fourth-order valence-corrected chi connectivity index (χ4v) is 2.39. The summed E-state index contributed by atoms with van der Waals surface area (Å²) in [5.74, 6) is 0.0587. The monoisotopic (exact) mass is 371 g/mol. The minimum Gasteiger partial charge on any atom is -0.485 e. The van der Waals surface area contributed by atoms with E-state index in [2.05, 4.69) is 15.6 Å². The van der Waals surface area contributed by atoms with E-state index >= 15 is 0 Å². The molecule has 0 bridgehead atoms. The molecule has 0 atom stereocenters. The lowest BCUT2D eigenvalue weighted by Gasteiger charge is -2.13. The van der Waals surface area contributed by atoms with Gasteiger partial charge in [-0.1, -0.05) is 41.9 Å². The summed E-state index contributed by atoms with van der Waals surface area (Å²) in [6.07, 6.45) is 1.51. The summed E-state index contributed by atoms with van der Waals surface area (Å²) in [5, 5.41) is 5.56. The first-order chi connectivity index (χ1) is 12.6. The highest BCUT2D eigenvalue weighted by Gasteiger charge is 2.11. The maximum absolute atomic E-state index is 13.6. The van der Waals surface area contributed by atoms with Crippen molar-refractivity contribution in [3.63, 3.8) is 0 Å². The van der Waals surface area contributed by atoms with E-state index in [1.54, 1.807) is 24.3 Å². The van der Waals surface area contributed by atoms with Crippen molar-refractivity contribution in [2.75, 3.05) is 10.6 Å². The zero-order chi connectivity index (χ0) is 18.4. The van der Waals surface area contributed by atoms with Gasteiger partial charge in [-0.3, -0.25) is 5.32 Å². The standard InChI is InChI=1S/C19H15ClFN3O2/c20-14-7-2-1-6-13(14)12-26-17-10-5-11-22-18(17)24-19(25)23-16-9-4-3-8-15(16)21/h1-11H,12H2,(H2,22,23,24,25). The highest BCUT2D eigenvalue weighted by molar-refractivity contribution is 6.31. The van der Waals surface area contributed by atoms with Crippen LogP contribution in [-0.2, 0) is 6.61 Å². The number of nitrogens with zero attached hydrogens (tertiary/aromatic N) is 1. The van der Waals surface area contributed by atoms with Gasteiger partial charge in [-0.15, -0.1) is 0 Å². The van der Waals surface area contributed by atoms with E-state index in [1.807, 2.05) is 18.2 Å². The van der Waals surface area contributed by atoms with Crippen molar-refractivity contribution in [3.05, 3.63) is 83.3 Å². The van der Waals surface area contributed by atoms with Gasteiger partial charge in [-0.05, 0) is 30.3 Å². The maximum Gasteiger partial charge on any atom is 0.325 e. The van der Waals surface area contributed by atoms with Crippen molar-refractivity contribution in [1.82, 2.24) is 4.98 Å². The summed E-state index contributed by atoms with van der Waals surface area (Å²) in [4.78, 5) is 16.2. The zero-order valence-electron chi connectivity index (χ0n) is 13.6. The second-order valence-corrected chi connectivity index (χ2v) is 5.70. The van der Waals surface area contributed by atoms with Gasteiger partial charge in [0.2, 0.25) is 0 Å². The van der Waals surface area contributed by atoms with Gasteiger partial charge in [-0.2, -0.15) is 0 Å². The summed E-state index contributed by atoms with van der Waals surface area (Å²) < 4.78 is 19.3. The van der Waals surface area contributed by atoms with E-state index in [9.17, 15) is 9.18 Å². The lowest BCUT2D eigenvalue weighted by molar-refractivity contribution is 0.261. The molecule has 0 saturated heterocycles. The number of anilines is 2. The molecule has 0 unspecified atom stereocenters. The van der Waals surface area contributed by atoms with Crippen molar-refractivity contribution in [3.8, 4) is 5.75 Å². The van der Waals surface area contributed by atoms with E-state index < -0.39 is 11.8 Å². The Hall–Kier alpha value is -3.12. The molecular weight excluding hydrogens is 357 g/mol. The van der Waals surface area contributed by atoms with Gasteiger partial charge in [0, 0.05) is 16.8 Å². The molecule has 0 spiro atoms. The van der Waals surface area contributed by atoms with E-state index in [-0.39, 0.29) is 18.1 Å². The van der Waals surface area contributed by atoms with Gasteiger partial charge in [0.05, 0.1) is 5.69 Å². The van der Waals surface area contributed by atoms with Crippen LogP contribution in [0.5, 0.6) is 5.75 Å². The molecule has 2 amide bonds. The first kappa shape index (κ1) is 17.7. The van der Waals surface area contributed by atoms with E-state index in [0.29, 0.717) is 10.8 Å². The Morgan fingerprint density at radius 3 is 2.62 bits per heavy atom. The normalized spacial score (nSPS) is 10.2. The number of pyridine rings is 1. The van der Waals surface area contributed by atoms with Crippen LogP contribution in [0.2, 0.25) is 5.02 Å². The Bertz CT molecular complexity index is 921. The van der Waals surface area contributed by atoms with Crippen molar-refractivity contribution >= 4 is 29.1 Å². The fourth-order valence-electron chi connectivity index (χ4n) is 2.20. The van der Waals surface area contributed by atoms with E-state index in [0.717, 1.165) is 5.56 Å². The molecule has 0 aliphatic heterocycles. The van der Waals surface area contributed by atoms with Crippen LogP contribution < -0.4 is 15.4 Å². The topological polar surface area (TPSA) is 63.2 Å². The molecule has 132 valence electrons. The Kier molecular flexibility index (Phi) is 5.66. The molecule has 0 aliphatic carbocycles. The summed E-state index contributed by atoms with van der Waals surface area (Å²) >= 11 is 6.11. The first-order valence-corrected chi connectivity index (χ1v) is 8.15.